The van der Waals surface area contributed by atoms with Crippen molar-refractivity contribution in [2.75, 3.05) is 19.6 Å². The molecule has 0 bridgehead atoms. The van der Waals surface area contributed by atoms with E-state index < -0.39 is 10.2 Å². The highest BCUT2D eigenvalue weighted by molar-refractivity contribution is 7.87. The van der Waals surface area contributed by atoms with Crippen LogP contribution in [0.15, 0.2) is 6.33 Å². The number of nitrogens with zero attached hydrogens (tertiary/aromatic N) is 3. The molecule has 0 aliphatic carbocycles. The Bertz CT molecular complexity index is 459. The van der Waals surface area contributed by atoms with E-state index in [9.17, 15) is 8.42 Å². The second-order valence-electron chi connectivity index (χ2n) is 4.36. The predicted molar refractivity (Wildman–Crippen MR) is 65.5 cm³/mol. The van der Waals surface area contributed by atoms with E-state index in [0.717, 1.165) is 12.8 Å². The zero-order valence-corrected chi connectivity index (χ0v) is 10.9. The van der Waals surface area contributed by atoms with Crippen LogP contribution in [0.5, 0.6) is 0 Å². The Kier molecular flexibility index (Phi) is 4.27. The molecule has 9 heteroatoms. The SMILES string of the molecule is NCC1CCCN(S(=O)(=O)NCc2ncn[nH]2)C1. The second kappa shape index (κ2) is 5.74. The summed E-state index contributed by atoms with van der Waals surface area (Å²) in [6.07, 6.45) is 3.19. The van der Waals surface area contributed by atoms with Crippen molar-refractivity contribution in [3.8, 4) is 0 Å². The minimum Gasteiger partial charge on any atom is -0.330 e. The van der Waals surface area contributed by atoms with Crippen molar-refractivity contribution in [1.82, 2.24) is 24.2 Å². The fourth-order valence-corrected chi connectivity index (χ4v) is 3.28. The van der Waals surface area contributed by atoms with E-state index in [0.29, 0.717) is 25.5 Å². The molecule has 0 spiro atoms. The molecule has 8 nitrogen and oxygen atoms in total. The number of aromatic nitrogens is 3. The Morgan fingerprint density at radius 1 is 1.61 bits per heavy atom. The van der Waals surface area contributed by atoms with Gasteiger partial charge in [-0.25, -0.2) is 4.98 Å². The van der Waals surface area contributed by atoms with Gasteiger partial charge in [-0.3, -0.25) is 5.10 Å². The maximum Gasteiger partial charge on any atom is 0.279 e. The summed E-state index contributed by atoms with van der Waals surface area (Å²) < 4.78 is 28.1. The fourth-order valence-electron chi connectivity index (χ4n) is 2.00. The zero-order valence-electron chi connectivity index (χ0n) is 10.0. The van der Waals surface area contributed by atoms with Gasteiger partial charge in [-0.15, -0.1) is 0 Å². The lowest BCUT2D eigenvalue weighted by Crippen LogP contribution is -2.47. The van der Waals surface area contributed by atoms with Crippen molar-refractivity contribution in [3.63, 3.8) is 0 Å². The minimum atomic E-state index is -3.46. The summed E-state index contributed by atoms with van der Waals surface area (Å²) in [6, 6.07) is 0. The number of nitrogens with one attached hydrogen (secondary N) is 2. The molecule has 0 aromatic carbocycles. The Morgan fingerprint density at radius 3 is 3.11 bits per heavy atom. The van der Waals surface area contributed by atoms with E-state index >= 15 is 0 Å². The average molecular weight is 274 g/mol. The molecule has 1 atom stereocenters. The first-order chi connectivity index (χ1) is 8.62. The van der Waals surface area contributed by atoms with Crippen molar-refractivity contribution in [3.05, 3.63) is 12.2 Å². The molecule has 1 unspecified atom stereocenters. The molecular formula is C9H18N6O2S. The highest BCUT2D eigenvalue weighted by Crippen LogP contribution is 2.17. The van der Waals surface area contributed by atoms with E-state index in [1.54, 1.807) is 0 Å². The van der Waals surface area contributed by atoms with Gasteiger partial charge in [0.15, 0.2) is 0 Å². The molecular weight excluding hydrogens is 256 g/mol. The van der Waals surface area contributed by atoms with E-state index in [-0.39, 0.29) is 12.5 Å². The predicted octanol–water partition coefficient (Wildman–Crippen LogP) is -1.19. The summed E-state index contributed by atoms with van der Waals surface area (Å²) in [5, 5.41) is 6.27. The number of piperidine rings is 1. The number of rotatable bonds is 5. The number of aromatic amines is 1. The maximum absolute atomic E-state index is 12.1. The van der Waals surface area contributed by atoms with Crippen LogP contribution in [0.2, 0.25) is 0 Å². The first-order valence-electron chi connectivity index (χ1n) is 5.91. The van der Waals surface area contributed by atoms with E-state index in [2.05, 4.69) is 19.9 Å². The third-order valence-corrected chi connectivity index (χ3v) is 4.56. The molecule has 1 aromatic heterocycles. The van der Waals surface area contributed by atoms with Crippen LogP contribution in [0.1, 0.15) is 18.7 Å². The summed E-state index contributed by atoms with van der Waals surface area (Å²) in [4.78, 5) is 3.86. The van der Waals surface area contributed by atoms with Crippen LogP contribution in [0.3, 0.4) is 0 Å². The monoisotopic (exact) mass is 274 g/mol. The van der Waals surface area contributed by atoms with Crippen LogP contribution in [0.4, 0.5) is 0 Å². The van der Waals surface area contributed by atoms with Crippen LogP contribution < -0.4 is 10.5 Å². The molecule has 0 amide bonds. The second-order valence-corrected chi connectivity index (χ2v) is 6.12. The summed E-state index contributed by atoms with van der Waals surface area (Å²) in [6.45, 7) is 1.67. The van der Waals surface area contributed by atoms with Crippen molar-refractivity contribution in [1.29, 1.82) is 0 Å². The molecule has 1 fully saturated rings. The maximum atomic E-state index is 12.1. The standard InChI is InChI=1S/C9H18N6O2S/c10-4-8-2-1-3-15(6-8)18(16,17)13-5-9-11-7-12-14-9/h7-8,13H,1-6,10H2,(H,11,12,14). The third kappa shape index (κ3) is 3.25. The van der Waals surface area contributed by atoms with Crippen LogP contribution in [-0.4, -0.2) is 47.5 Å². The number of nitrogens with two attached hydrogens (primary N) is 1. The fraction of sp³-hybridized carbons (Fsp3) is 0.778. The molecule has 18 heavy (non-hydrogen) atoms. The molecule has 1 aliphatic heterocycles. The molecule has 2 rings (SSSR count). The third-order valence-electron chi connectivity index (χ3n) is 3.04. The van der Waals surface area contributed by atoms with Crippen molar-refractivity contribution in [2.24, 2.45) is 11.7 Å². The van der Waals surface area contributed by atoms with Crippen LogP contribution >= 0.6 is 0 Å². The zero-order chi connectivity index (χ0) is 13.0. The van der Waals surface area contributed by atoms with Gasteiger partial charge in [0.05, 0.1) is 6.54 Å². The van der Waals surface area contributed by atoms with Gasteiger partial charge >= 0.3 is 0 Å². The van der Waals surface area contributed by atoms with Crippen LogP contribution in [0.25, 0.3) is 0 Å². The lowest BCUT2D eigenvalue weighted by atomic mass is 10.0. The molecule has 0 saturated carbocycles. The topological polar surface area (TPSA) is 117 Å². The number of H-pyrrole nitrogens is 1. The smallest absolute Gasteiger partial charge is 0.279 e. The Labute approximate surface area is 106 Å². The first kappa shape index (κ1) is 13.4. The van der Waals surface area contributed by atoms with Gasteiger partial charge in [0, 0.05) is 13.1 Å². The van der Waals surface area contributed by atoms with Crippen LogP contribution in [-0.2, 0) is 16.8 Å². The van der Waals surface area contributed by atoms with E-state index in [1.165, 1.54) is 10.6 Å². The summed E-state index contributed by atoms with van der Waals surface area (Å²) in [5.41, 5.74) is 5.59. The molecule has 1 saturated heterocycles. The largest absolute Gasteiger partial charge is 0.330 e. The minimum absolute atomic E-state index is 0.117. The quantitative estimate of drug-likeness (QED) is 0.624. The van der Waals surface area contributed by atoms with E-state index in [1.807, 2.05) is 0 Å². The van der Waals surface area contributed by atoms with Gasteiger partial charge in [-0.2, -0.15) is 22.5 Å². The Morgan fingerprint density at radius 2 is 2.44 bits per heavy atom. The highest BCUT2D eigenvalue weighted by atomic mass is 32.2. The number of hydrogen-bond donors (Lipinski definition) is 3. The van der Waals surface area contributed by atoms with Crippen molar-refractivity contribution < 1.29 is 8.42 Å². The summed E-state index contributed by atoms with van der Waals surface area (Å²) in [7, 11) is -3.46. The Balaban J connectivity index is 1.93. The molecule has 0 radical (unpaired) electrons. The van der Waals surface area contributed by atoms with Crippen molar-refractivity contribution in [2.45, 2.75) is 19.4 Å². The van der Waals surface area contributed by atoms with Gasteiger partial charge in [0.1, 0.15) is 12.2 Å². The highest BCUT2D eigenvalue weighted by Gasteiger charge is 2.28. The van der Waals surface area contributed by atoms with E-state index in [4.69, 9.17) is 5.73 Å². The van der Waals surface area contributed by atoms with Gasteiger partial charge in [-0.05, 0) is 25.3 Å². The summed E-state index contributed by atoms with van der Waals surface area (Å²) >= 11 is 0. The summed E-state index contributed by atoms with van der Waals surface area (Å²) in [5.74, 6) is 0.742. The lowest BCUT2D eigenvalue weighted by molar-refractivity contribution is 0.268. The number of hydrogen-bond acceptors (Lipinski definition) is 5. The normalized spacial score (nSPS) is 22.2. The van der Waals surface area contributed by atoms with Gasteiger partial charge < -0.3 is 5.73 Å². The van der Waals surface area contributed by atoms with Gasteiger partial charge in [-0.1, -0.05) is 0 Å². The molecule has 2 heterocycles. The molecule has 4 N–H and O–H groups in total. The Hall–Kier alpha value is -1.03. The molecule has 102 valence electrons. The van der Waals surface area contributed by atoms with Crippen LogP contribution in [0, 0.1) is 5.92 Å². The lowest BCUT2D eigenvalue weighted by Gasteiger charge is -2.31. The van der Waals surface area contributed by atoms with Gasteiger partial charge in [0.2, 0.25) is 0 Å². The molecule has 1 aliphatic rings. The van der Waals surface area contributed by atoms with Crippen molar-refractivity contribution >= 4 is 10.2 Å². The van der Waals surface area contributed by atoms with Gasteiger partial charge in [0.25, 0.3) is 10.2 Å². The molecule has 1 aromatic rings. The first-order valence-corrected chi connectivity index (χ1v) is 7.35. The average Bonchev–Trinajstić information content (AvgIpc) is 2.90.